The van der Waals surface area contributed by atoms with Gasteiger partial charge in [0.25, 0.3) is 0 Å². The zero-order valence-electron chi connectivity index (χ0n) is 15.1. The number of esters is 1. The number of rotatable bonds is 9. The van der Waals surface area contributed by atoms with Gasteiger partial charge in [-0.3, -0.25) is 9.59 Å². The van der Waals surface area contributed by atoms with Crippen LogP contribution in [0.15, 0.2) is 29.2 Å². The quantitative estimate of drug-likeness (QED) is 0.410. The predicted molar refractivity (Wildman–Crippen MR) is 99.7 cm³/mol. The van der Waals surface area contributed by atoms with E-state index in [2.05, 4.69) is 16.9 Å². The van der Waals surface area contributed by atoms with Crippen molar-refractivity contribution in [1.29, 1.82) is 0 Å². The first-order chi connectivity index (χ1) is 12.0. The minimum Gasteiger partial charge on any atom is -0.469 e. The summed E-state index contributed by atoms with van der Waals surface area (Å²) < 4.78 is 4.58. The fourth-order valence-electron chi connectivity index (χ4n) is 3.80. The number of hydrogen-bond donors (Lipinski definition) is 1. The summed E-state index contributed by atoms with van der Waals surface area (Å²) in [5.74, 6) is -0.638. The molecule has 1 aliphatic rings. The fourth-order valence-corrected chi connectivity index (χ4v) is 4.44. The highest BCUT2D eigenvalue weighted by Gasteiger charge is 2.39. The molecular formula is C20H28O4S. The van der Waals surface area contributed by atoms with Gasteiger partial charge in [0, 0.05) is 11.3 Å². The minimum absolute atomic E-state index is 0.0359. The highest BCUT2D eigenvalue weighted by atomic mass is 32.2. The summed E-state index contributed by atoms with van der Waals surface area (Å²) in [5.41, 5.74) is 0.166. The first-order valence-electron chi connectivity index (χ1n) is 8.91. The number of carbonyl (C=O) groups is 2. The van der Waals surface area contributed by atoms with Crippen molar-refractivity contribution in [1.82, 2.24) is 0 Å². The van der Waals surface area contributed by atoms with Gasteiger partial charge in [-0.25, -0.2) is 0 Å². The zero-order chi connectivity index (χ0) is 18.3. The van der Waals surface area contributed by atoms with Crippen LogP contribution in [0.2, 0.25) is 0 Å². The number of ether oxygens (including phenoxy) is 1. The standard InChI is InChI=1S/C20H28O4S/c1-24-19(22)13-17(21)14-20(23,16-8-4-5-9-16)12-11-15-7-3-6-10-18(15)25-2/h3,6-7,10,16,23H,4-5,8-9,11-14H2,1-2H3. The average Bonchev–Trinajstić information content (AvgIpc) is 3.15. The Kier molecular flexibility index (Phi) is 7.51. The molecule has 0 aromatic heterocycles. The van der Waals surface area contributed by atoms with Crippen molar-refractivity contribution in [2.45, 2.75) is 61.9 Å². The molecule has 0 spiro atoms. The number of methoxy groups -OCH3 is 1. The first-order valence-corrected chi connectivity index (χ1v) is 10.1. The van der Waals surface area contributed by atoms with Crippen molar-refractivity contribution in [2.75, 3.05) is 13.4 Å². The Morgan fingerprint density at radius 1 is 1.28 bits per heavy atom. The van der Waals surface area contributed by atoms with Gasteiger partial charge in [-0.1, -0.05) is 31.0 Å². The number of carbonyl (C=O) groups excluding carboxylic acids is 2. The van der Waals surface area contributed by atoms with Crippen molar-refractivity contribution in [2.24, 2.45) is 5.92 Å². The second-order valence-corrected chi connectivity index (χ2v) is 7.71. The number of thioether (sulfide) groups is 1. The van der Waals surface area contributed by atoms with Crippen LogP contribution in [0.3, 0.4) is 0 Å². The second kappa shape index (κ2) is 9.39. The monoisotopic (exact) mass is 364 g/mol. The van der Waals surface area contributed by atoms with Gasteiger partial charge in [-0.15, -0.1) is 11.8 Å². The van der Waals surface area contributed by atoms with Gasteiger partial charge in [0.05, 0.1) is 12.7 Å². The lowest BCUT2D eigenvalue weighted by atomic mass is 9.77. The maximum Gasteiger partial charge on any atom is 0.313 e. The Bertz CT molecular complexity index is 595. The smallest absolute Gasteiger partial charge is 0.313 e. The molecule has 1 saturated carbocycles. The van der Waals surface area contributed by atoms with Crippen molar-refractivity contribution in [3.63, 3.8) is 0 Å². The van der Waals surface area contributed by atoms with Crippen molar-refractivity contribution >= 4 is 23.5 Å². The molecule has 1 aromatic rings. The maximum absolute atomic E-state index is 12.3. The summed E-state index contributed by atoms with van der Waals surface area (Å²) in [6.07, 6.45) is 7.19. The van der Waals surface area contributed by atoms with Gasteiger partial charge in [-0.2, -0.15) is 0 Å². The van der Waals surface area contributed by atoms with E-state index >= 15 is 0 Å². The van der Waals surface area contributed by atoms with Crippen LogP contribution in [0, 0.1) is 5.92 Å². The molecule has 1 unspecified atom stereocenters. The molecule has 2 rings (SSSR count). The number of aliphatic hydroxyl groups is 1. The molecule has 1 aromatic carbocycles. The molecule has 138 valence electrons. The molecule has 1 N–H and O–H groups in total. The van der Waals surface area contributed by atoms with Crippen molar-refractivity contribution in [3.8, 4) is 0 Å². The number of benzene rings is 1. The summed E-state index contributed by atoms with van der Waals surface area (Å²) in [4.78, 5) is 24.8. The Labute approximate surface area is 154 Å². The number of aryl methyl sites for hydroxylation is 1. The summed E-state index contributed by atoms with van der Waals surface area (Å²) in [5, 5.41) is 11.3. The molecule has 4 nitrogen and oxygen atoms in total. The molecule has 25 heavy (non-hydrogen) atoms. The lowest BCUT2D eigenvalue weighted by Crippen LogP contribution is -2.40. The summed E-state index contributed by atoms with van der Waals surface area (Å²) >= 11 is 1.69. The molecule has 1 aliphatic carbocycles. The third-order valence-corrected chi connectivity index (χ3v) is 6.05. The van der Waals surface area contributed by atoms with E-state index in [9.17, 15) is 14.7 Å². The minimum atomic E-state index is -1.03. The van der Waals surface area contributed by atoms with E-state index in [1.165, 1.54) is 17.6 Å². The first kappa shape index (κ1) is 20.0. The average molecular weight is 365 g/mol. The molecular weight excluding hydrogens is 336 g/mol. The van der Waals surface area contributed by atoms with Crippen LogP contribution in [0.1, 0.15) is 50.5 Å². The van der Waals surface area contributed by atoms with Crippen LogP contribution in [-0.2, 0) is 20.7 Å². The molecule has 1 fully saturated rings. The molecule has 0 saturated heterocycles. The summed E-state index contributed by atoms with van der Waals surface area (Å²) in [7, 11) is 1.28. The fraction of sp³-hybridized carbons (Fsp3) is 0.600. The van der Waals surface area contributed by atoms with E-state index in [-0.39, 0.29) is 24.5 Å². The van der Waals surface area contributed by atoms with E-state index < -0.39 is 11.6 Å². The number of Topliss-reactive ketones (excluding diaryl/α,β-unsaturated/α-hetero) is 1. The van der Waals surface area contributed by atoms with E-state index in [0.29, 0.717) is 6.42 Å². The van der Waals surface area contributed by atoms with Gasteiger partial charge < -0.3 is 9.84 Å². The Balaban J connectivity index is 2.09. The van der Waals surface area contributed by atoms with Crippen LogP contribution in [0.4, 0.5) is 0 Å². The molecule has 1 atom stereocenters. The van der Waals surface area contributed by atoms with Crippen LogP contribution in [0.25, 0.3) is 0 Å². The van der Waals surface area contributed by atoms with E-state index in [4.69, 9.17) is 0 Å². The Morgan fingerprint density at radius 2 is 1.96 bits per heavy atom. The molecule has 5 heteroatoms. The summed E-state index contributed by atoms with van der Waals surface area (Å²) in [6, 6.07) is 8.18. The van der Waals surface area contributed by atoms with Crippen molar-refractivity contribution < 1.29 is 19.4 Å². The number of hydrogen-bond acceptors (Lipinski definition) is 5. The van der Waals surface area contributed by atoms with E-state index in [1.54, 1.807) is 11.8 Å². The maximum atomic E-state index is 12.3. The highest BCUT2D eigenvalue weighted by molar-refractivity contribution is 7.98. The van der Waals surface area contributed by atoms with Gasteiger partial charge in [0.1, 0.15) is 12.2 Å². The number of ketones is 1. The SMILES string of the molecule is COC(=O)CC(=O)CC(O)(CCc1ccccc1SC)C1CCCC1. The molecule has 0 radical (unpaired) electrons. The Morgan fingerprint density at radius 3 is 2.60 bits per heavy atom. The lowest BCUT2D eigenvalue weighted by Gasteiger charge is -2.34. The normalized spacial score (nSPS) is 17.2. The molecule has 0 aliphatic heterocycles. The van der Waals surface area contributed by atoms with Crippen LogP contribution < -0.4 is 0 Å². The van der Waals surface area contributed by atoms with Gasteiger partial charge in [0.15, 0.2) is 0 Å². The molecule has 0 heterocycles. The Hall–Kier alpha value is -1.33. The second-order valence-electron chi connectivity index (χ2n) is 6.87. The molecule has 0 bridgehead atoms. The highest BCUT2D eigenvalue weighted by Crippen LogP contribution is 2.39. The zero-order valence-corrected chi connectivity index (χ0v) is 15.9. The van der Waals surface area contributed by atoms with Gasteiger partial charge in [-0.05, 0) is 49.5 Å². The predicted octanol–water partition coefficient (Wildman–Crippen LogP) is 3.78. The van der Waals surface area contributed by atoms with E-state index in [1.807, 2.05) is 18.4 Å². The van der Waals surface area contributed by atoms with Gasteiger partial charge >= 0.3 is 5.97 Å². The third kappa shape index (κ3) is 5.58. The lowest BCUT2D eigenvalue weighted by molar-refractivity contribution is -0.145. The third-order valence-electron chi connectivity index (χ3n) is 5.21. The van der Waals surface area contributed by atoms with Crippen molar-refractivity contribution in [3.05, 3.63) is 29.8 Å². The van der Waals surface area contributed by atoms with Crippen LogP contribution in [0.5, 0.6) is 0 Å². The van der Waals surface area contributed by atoms with Crippen LogP contribution in [-0.4, -0.2) is 35.8 Å². The summed E-state index contributed by atoms with van der Waals surface area (Å²) in [6.45, 7) is 0. The largest absolute Gasteiger partial charge is 0.469 e. The van der Waals surface area contributed by atoms with Gasteiger partial charge in [0.2, 0.25) is 0 Å². The topological polar surface area (TPSA) is 63.6 Å². The van der Waals surface area contributed by atoms with Crippen LogP contribution >= 0.6 is 11.8 Å². The van der Waals surface area contributed by atoms with E-state index in [0.717, 1.165) is 32.1 Å². The molecule has 0 amide bonds.